The molecule has 14 heteroatoms. The van der Waals surface area contributed by atoms with Gasteiger partial charge in [0.1, 0.15) is 23.2 Å². The number of alkyl halides is 3. The van der Waals surface area contributed by atoms with Gasteiger partial charge < -0.3 is 14.8 Å². The molecule has 38 heavy (non-hydrogen) atoms. The first kappa shape index (κ1) is 24.8. The molecule has 6 rings (SSSR count). The number of ether oxygens (including phenoxy) is 2. The van der Waals surface area contributed by atoms with Crippen LogP contribution in [0.5, 0.6) is 5.88 Å². The number of hydrogen-bond donors (Lipinski definition) is 1. The van der Waals surface area contributed by atoms with Gasteiger partial charge in [0.05, 0.1) is 49.7 Å². The van der Waals surface area contributed by atoms with E-state index in [0.29, 0.717) is 42.8 Å². The van der Waals surface area contributed by atoms with E-state index in [1.54, 1.807) is 18.2 Å². The molecule has 202 valence electrons. The van der Waals surface area contributed by atoms with Gasteiger partial charge in [-0.3, -0.25) is 4.90 Å². The van der Waals surface area contributed by atoms with Crippen molar-refractivity contribution in [1.29, 1.82) is 0 Å². The Morgan fingerprint density at radius 1 is 1.24 bits per heavy atom. The van der Waals surface area contributed by atoms with Crippen LogP contribution in [0.1, 0.15) is 19.4 Å². The van der Waals surface area contributed by atoms with Crippen molar-refractivity contribution in [2.45, 2.75) is 44.1 Å². The van der Waals surface area contributed by atoms with Gasteiger partial charge >= 0.3 is 0 Å². The standard InChI is InChI=1S/C24H26F4N8O2/c1-12(22(27)28)36-19-7-13(3-4-18(19)31-33-36)20-16(26)9-35-21(20)23(37-2)30-24(32-35)29-17-5-6-34(8-15(17)25)14-10-38-11-14/h3-4,7,9,12,14-15,17,22H,5-6,8,10-11H2,1-2H3,(H,29,32)/t12-,15+,17-/m0/s1. The smallest absolute Gasteiger partial charge is 0.260 e. The number of piperidine rings is 1. The summed E-state index contributed by atoms with van der Waals surface area (Å²) < 4.78 is 70.1. The van der Waals surface area contributed by atoms with E-state index in [2.05, 4.69) is 30.6 Å². The second-order valence-electron chi connectivity index (χ2n) is 9.64. The molecule has 2 fully saturated rings. The van der Waals surface area contributed by atoms with Crippen LogP contribution in [0.4, 0.5) is 23.5 Å². The van der Waals surface area contributed by atoms with Crippen LogP contribution in [0.25, 0.3) is 27.7 Å². The molecule has 10 nitrogen and oxygen atoms in total. The number of hydrogen-bond acceptors (Lipinski definition) is 8. The zero-order valence-corrected chi connectivity index (χ0v) is 20.7. The molecule has 2 saturated heterocycles. The van der Waals surface area contributed by atoms with Crippen molar-refractivity contribution in [1.82, 2.24) is 34.5 Å². The molecule has 0 saturated carbocycles. The number of nitrogens with zero attached hydrogens (tertiary/aromatic N) is 7. The number of likely N-dealkylation sites (tertiary alicyclic amines) is 1. The predicted molar refractivity (Wildman–Crippen MR) is 130 cm³/mol. The van der Waals surface area contributed by atoms with Crippen LogP contribution in [0, 0.1) is 5.82 Å². The lowest BCUT2D eigenvalue weighted by Gasteiger charge is -2.42. The molecule has 3 aromatic heterocycles. The quantitative estimate of drug-likeness (QED) is 0.361. The Morgan fingerprint density at radius 3 is 2.74 bits per heavy atom. The normalized spacial score (nSPS) is 21.8. The molecule has 5 heterocycles. The molecule has 3 atom stereocenters. The van der Waals surface area contributed by atoms with Gasteiger partial charge in [-0.2, -0.15) is 4.98 Å². The average molecular weight is 535 g/mol. The molecule has 2 aliphatic heterocycles. The lowest BCUT2D eigenvalue weighted by molar-refractivity contribution is -0.0794. The lowest BCUT2D eigenvalue weighted by atomic mass is 10.0. The SMILES string of the molecule is COc1nc(N[C@H]2CCN(C3COC3)C[C@H]2F)nn2cc(F)c(-c3ccc4nnn([C@@H](C)C(F)F)c4c3)c12. The van der Waals surface area contributed by atoms with E-state index in [1.807, 2.05) is 0 Å². The monoisotopic (exact) mass is 534 g/mol. The molecule has 1 N–H and O–H groups in total. The van der Waals surface area contributed by atoms with E-state index in [-0.39, 0.29) is 35.5 Å². The second kappa shape index (κ2) is 9.66. The largest absolute Gasteiger partial charge is 0.479 e. The Kier molecular flexibility index (Phi) is 6.30. The Bertz CT molecular complexity index is 1470. The summed E-state index contributed by atoms with van der Waals surface area (Å²) in [5, 5.41) is 15.2. The number of methoxy groups -OCH3 is 1. The number of rotatable bonds is 7. The van der Waals surface area contributed by atoms with Gasteiger partial charge in [-0.05, 0) is 31.0 Å². The molecule has 0 spiro atoms. The van der Waals surface area contributed by atoms with Crippen LogP contribution < -0.4 is 10.1 Å². The van der Waals surface area contributed by atoms with Crippen LogP contribution >= 0.6 is 0 Å². The Labute approximate surface area is 214 Å². The fourth-order valence-corrected chi connectivity index (χ4v) is 5.02. The van der Waals surface area contributed by atoms with Crippen LogP contribution in [0.15, 0.2) is 24.4 Å². The Morgan fingerprint density at radius 2 is 2.05 bits per heavy atom. The lowest BCUT2D eigenvalue weighted by Crippen LogP contribution is -2.57. The van der Waals surface area contributed by atoms with Crippen LogP contribution in [-0.4, -0.2) is 92.6 Å². The third-order valence-electron chi connectivity index (χ3n) is 7.28. The maximum Gasteiger partial charge on any atom is 0.260 e. The van der Waals surface area contributed by atoms with E-state index in [4.69, 9.17) is 9.47 Å². The highest BCUT2D eigenvalue weighted by atomic mass is 19.3. The van der Waals surface area contributed by atoms with E-state index in [9.17, 15) is 13.2 Å². The highest BCUT2D eigenvalue weighted by Gasteiger charge is 2.36. The van der Waals surface area contributed by atoms with Gasteiger partial charge in [-0.25, -0.2) is 26.8 Å². The van der Waals surface area contributed by atoms with Gasteiger partial charge in [0.25, 0.3) is 6.43 Å². The molecule has 0 amide bonds. The molecule has 0 bridgehead atoms. The van der Waals surface area contributed by atoms with E-state index in [1.165, 1.54) is 24.7 Å². The first-order valence-corrected chi connectivity index (χ1v) is 12.3. The first-order chi connectivity index (χ1) is 18.3. The van der Waals surface area contributed by atoms with Crippen molar-refractivity contribution in [3.05, 3.63) is 30.2 Å². The topological polar surface area (TPSA) is 94.6 Å². The number of fused-ring (bicyclic) bond motifs is 2. The zero-order valence-electron chi connectivity index (χ0n) is 20.7. The Hall–Kier alpha value is -3.52. The van der Waals surface area contributed by atoms with Crippen LogP contribution in [-0.2, 0) is 4.74 Å². The molecule has 1 aromatic carbocycles. The molecule has 4 aromatic rings. The van der Waals surface area contributed by atoms with Crippen LogP contribution in [0.3, 0.4) is 0 Å². The number of anilines is 1. The van der Waals surface area contributed by atoms with E-state index >= 15 is 4.39 Å². The summed E-state index contributed by atoms with van der Waals surface area (Å²) in [6.07, 6.45) is -2.08. The fraction of sp³-hybridized carbons (Fsp3) is 0.500. The first-order valence-electron chi connectivity index (χ1n) is 12.3. The van der Waals surface area contributed by atoms with E-state index in [0.717, 1.165) is 4.68 Å². The second-order valence-corrected chi connectivity index (χ2v) is 9.64. The Balaban J connectivity index is 1.33. The molecule has 0 unspecified atom stereocenters. The molecule has 2 aliphatic rings. The number of halogens is 4. The maximum absolute atomic E-state index is 15.3. The summed E-state index contributed by atoms with van der Waals surface area (Å²) in [5.41, 5.74) is 1.50. The maximum atomic E-state index is 15.3. The van der Waals surface area contributed by atoms with Crippen molar-refractivity contribution < 1.29 is 27.0 Å². The van der Waals surface area contributed by atoms with Gasteiger partial charge in [0.15, 0.2) is 5.82 Å². The van der Waals surface area contributed by atoms with Gasteiger partial charge in [-0.15, -0.1) is 10.2 Å². The average Bonchev–Trinajstić information content (AvgIpc) is 3.43. The summed E-state index contributed by atoms with van der Waals surface area (Å²) in [5.74, 6) is -0.435. The zero-order chi connectivity index (χ0) is 26.6. The van der Waals surface area contributed by atoms with Crippen molar-refractivity contribution in [2.75, 3.05) is 38.7 Å². The van der Waals surface area contributed by atoms with Gasteiger partial charge in [0.2, 0.25) is 11.8 Å². The van der Waals surface area contributed by atoms with Crippen molar-refractivity contribution in [3.8, 4) is 17.0 Å². The molecular weight excluding hydrogens is 508 g/mol. The summed E-state index contributed by atoms with van der Waals surface area (Å²) >= 11 is 0. The molecule has 0 aliphatic carbocycles. The van der Waals surface area contributed by atoms with Gasteiger partial charge in [-0.1, -0.05) is 11.3 Å². The number of benzene rings is 1. The minimum Gasteiger partial charge on any atom is -0.479 e. The minimum absolute atomic E-state index is 0.0774. The summed E-state index contributed by atoms with van der Waals surface area (Å²) in [4.78, 5) is 6.48. The molecular formula is C24H26F4N8O2. The highest BCUT2D eigenvalue weighted by Crippen LogP contribution is 2.36. The van der Waals surface area contributed by atoms with Crippen molar-refractivity contribution in [2.24, 2.45) is 0 Å². The third-order valence-corrected chi connectivity index (χ3v) is 7.28. The molecule has 0 radical (unpaired) electrons. The van der Waals surface area contributed by atoms with Crippen molar-refractivity contribution in [3.63, 3.8) is 0 Å². The summed E-state index contributed by atoms with van der Waals surface area (Å²) in [7, 11) is 1.39. The third kappa shape index (κ3) is 4.21. The van der Waals surface area contributed by atoms with E-state index < -0.39 is 30.5 Å². The highest BCUT2D eigenvalue weighted by molar-refractivity contribution is 5.89. The predicted octanol–water partition coefficient (Wildman–Crippen LogP) is 3.34. The summed E-state index contributed by atoms with van der Waals surface area (Å²) in [6.45, 7) is 3.58. The number of aromatic nitrogens is 6. The van der Waals surface area contributed by atoms with Gasteiger partial charge in [0, 0.05) is 13.1 Å². The number of nitrogens with one attached hydrogen (secondary N) is 1. The van der Waals surface area contributed by atoms with Crippen LogP contribution in [0.2, 0.25) is 0 Å². The fourth-order valence-electron chi connectivity index (χ4n) is 5.02. The van der Waals surface area contributed by atoms with Crippen molar-refractivity contribution >= 4 is 22.5 Å². The summed E-state index contributed by atoms with van der Waals surface area (Å²) in [6, 6.07) is 3.28. The minimum atomic E-state index is -2.65.